The van der Waals surface area contributed by atoms with Gasteiger partial charge in [-0.05, 0) is 23.6 Å². The lowest BCUT2D eigenvalue weighted by Gasteiger charge is -2.03. The minimum absolute atomic E-state index is 0.407. The zero-order valence-electron chi connectivity index (χ0n) is 13.1. The number of hydrogen-bond donors (Lipinski definition) is 0. The SMILES string of the molecule is COc1ccccc1-c1nnc(SCc2nc(-c3ccsc3)no2)o1. The lowest BCUT2D eigenvalue weighted by atomic mass is 10.2. The number of thiophene rings is 1. The summed E-state index contributed by atoms with van der Waals surface area (Å²) in [5, 5.41) is 16.5. The van der Waals surface area contributed by atoms with Crippen LogP contribution in [0, 0.1) is 0 Å². The molecule has 126 valence electrons. The van der Waals surface area contributed by atoms with E-state index in [0.717, 1.165) is 11.1 Å². The number of benzene rings is 1. The monoisotopic (exact) mass is 372 g/mol. The second-order valence-corrected chi connectivity index (χ2v) is 6.59. The van der Waals surface area contributed by atoms with Crippen molar-refractivity contribution in [2.24, 2.45) is 0 Å². The van der Waals surface area contributed by atoms with Crippen LogP contribution in [0.15, 0.2) is 55.3 Å². The highest BCUT2D eigenvalue weighted by atomic mass is 32.2. The Hall–Kier alpha value is -2.65. The summed E-state index contributed by atoms with van der Waals surface area (Å²) in [5.74, 6) is 2.62. The van der Waals surface area contributed by atoms with Crippen molar-refractivity contribution in [2.45, 2.75) is 11.0 Å². The molecule has 1 aromatic carbocycles. The Kier molecular flexibility index (Phi) is 4.49. The Labute approximate surface area is 151 Å². The molecule has 4 aromatic rings. The summed E-state index contributed by atoms with van der Waals surface area (Å²) in [4.78, 5) is 4.36. The molecule has 0 aliphatic carbocycles. The molecule has 0 saturated heterocycles. The van der Waals surface area contributed by atoms with E-state index in [9.17, 15) is 0 Å². The quantitative estimate of drug-likeness (QED) is 0.467. The van der Waals surface area contributed by atoms with Gasteiger partial charge in [-0.1, -0.05) is 29.1 Å². The second-order valence-electron chi connectivity index (χ2n) is 4.89. The highest BCUT2D eigenvalue weighted by Gasteiger charge is 2.15. The first-order valence-corrected chi connectivity index (χ1v) is 9.21. The van der Waals surface area contributed by atoms with Crippen molar-refractivity contribution in [3.63, 3.8) is 0 Å². The van der Waals surface area contributed by atoms with Crippen molar-refractivity contribution in [2.75, 3.05) is 7.11 Å². The van der Waals surface area contributed by atoms with E-state index in [2.05, 4.69) is 20.3 Å². The van der Waals surface area contributed by atoms with Crippen LogP contribution in [0.3, 0.4) is 0 Å². The second kappa shape index (κ2) is 7.08. The average Bonchev–Trinajstić information content (AvgIpc) is 3.40. The van der Waals surface area contributed by atoms with Crippen LogP contribution in [0.4, 0.5) is 0 Å². The molecule has 0 N–H and O–H groups in total. The van der Waals surface area contributed by atoms with Crippen LogP contribution in [-0.2, 0) is 5.75 Å². The number of hydrogen-bond acceptors (Lipinski definition) is 9. The molecule has 0 aliphatic heterocycles. The molecule has 3 aromatic heterocycles. The van der Waals surface area contributed by atoms with E-state index in [1.807, 2.05) is 41.1 Å². The average molecular weight is 372 g/mol. The molecule has 7 nitrogen and oxygen atoms in total. The zero-order valence-corrected chi connectivity index (χ0v) is 14.7. The van der Waals surface area contributed by atoms with Gasteiger partial charge in [0.15, 0.2) is 0 Å². The van der Waals surface area contributed by atoms with Crippen LogP contribution in [0.2, 0.25) is 0 Å². The number of rotatable bonds is 6. The molecule has 0 aliphatic rings. The van der Waals surface area contributed by atoms with Gasteiger partial charge in [0.2, 0.25) is 11.7 Å². The number of para-hydroxylation sites is 1. The maximum Gasteiger partial charge on any atom is 0.277 e. The van der Waals surface area contributed by atoms with Crippen LogP contribution in [0.5, 0.6) is 5.75 Å². The molecular weight excluding hydrogens is 360 g/mol. The van der Waals surface area contributed by atoms with E-state index in [-0.39, 0.29) is 0 Å². The fourth-order valence-electron chi connectivity index (χ4n) is 2.14. The first kappa shape index (κ1) is 15.9. The molecule has 0 spiro atoms. The maximum absolute atomic E-state index is 5.69. The zero-order chi connectivity index (χ0) is 17.1. The van der Waals surface area contributed by atoms with Crippen LogP contribution in [0.25, 0.3) is 22.8 Å². The number of aromatic nitrogens is 4. The summed E-state index contributed by atoms with van der Waals surface area (Å²) in [6.07, 6.45) is 0. The minimum Gasteiger partial charge on any atom is -0.496 e. The molecule has 0 bridgehead atoms. The largest absolute Gasteiger partial charge is 0.496 e. The van der Waals surface area contributed by atoms with Gasteiger partial charge in [-0.3, -0.25) is 0 Å². The van der Waals surface area contributed by atoms with Crippen molar-refractivity contribution in [1.82, 2.24) is 20.3 Å². The van der Waals surface area contributed by atoms with Crippen molar-refractivity contribution >= 4 is 23.1 Å². The molecule has 4 rings (SSSR count). The Morgan fingerprint density at radius 2 is 2.12 bits per heavy atom. The highest BCUT2D eigenvalue weighted by Crippen LogP contribution is 2.31. The smallest absolute Gasteiger partial charge is 0.277 e. The predicted octanol–water partition coefficient (Wildman–Crippen LogP) is 4.15. The van der Waals surface area contributed by atoms with E-state index >= 15 is 0 Å². The number of methoxy groups -OCH3 is 1. The molecule has 0 radical (unpaired) electrons. The van der Waals surface area contributed by atoms with Crippen LogP contribution in [-0.4, -0.2) is 27.4 Å². The minimum atomic E-state index is 0.407. The summed E-state index contributed by atoms with van der Waals surface area (Å²) in [6, 6.07) is 9.43. The van der Waals surface area contributed by atoms with Gasteiger partial charge >= 0.3 is 0 Å². The van der Waals surface area contributed by atoms with Gasteiger partial charge < -0.3 is 13.7 Å². The van der Waals surface area contributed by atoms with Crippen LogP contribution in [0.1, 0.15) is 5.89 Å². The third-order valence-corrected chi connectivity index (χ3v) is 4.80. The van der Waals surface area contributed by atoms with Gasteiger partial charge in [0.1, 0.15) is 5.75 Å². The Morgan fingerprint density at radius 3 is 2.96 bits per heavy atom. The Balaban J connectivity index is 1.45. The van der Waals surface area contributed by atoms with E-state index < -0.39 is 0 Å². The van der Waals surface area contributed by atoms with Gasteiger partial charge in [-0.25, -0.2) is 0 Å². The van der Waals surface area contributed by atoms with Gasteiger partial charge in [0.25, 0.3) is 11.1 Å². The van der Waals surface area contributed by atoms with Crippen molar-refractivity contribution in [3.05, 3.63) is 47.0 Å². The molecule has 0 unspecified atom stereocenters. The molecule has 9 heteroatoms. The third-order valence-electron chi connectivity index (χ3n) is 3.31. The summed E-state index contributed by atoms with van der Waals surface area (Å²) in [7, 11) is 1.60. The third kappa shape index (κ3) is 3.42. The van der Waals surface area contributed by atoms with Crippen LogP contribution >= 0.6 is 23.1 Å². The van der Waals surface area contributed by atoms with Gasteiger partial charge in [0, 0.05) is 10.9 Å². The van der Waals surface area contributed by atoms with E-state index in [4.69, 9.17) is 13.7 Å². The highest BCUT2D eigenvalue weighted by molar-refractivity contribution is 7.98. The first-order valence-electron chi connectivity index (χ1n) is 7.28. The Morgan fingerprint density at radius 1 is 1.20 bits per heavy atom. The molecule has 0 fully saturated rings. The van der Waals surface area contributed by atoms with Crippen molar-refractivity contribution in [3.8, 4) is 28.6 Å². The topological polar surface area (TPSA) is 87.1 Å². The fraction of sp³-hybridized carbons (Fsp3) is 0.125. The lowest BCUT2D eigenvalue weighted by molar-refractivity contribution is 0.390. The molecular formula is C16H12N4O3S2. The maximum atomic E-state index is 5.69. The predicted molar refractivity (Wildman–Crippen MR) is 93.5 cm³/mol. The first-order chi connectivity index (χ1) is 12.3. The van der Waals surface area contributed by atoms with Gasteiger partial charge in [-0.2, -0.15) is 16.3 Å². The normalized spacial score (nSPS) is 10.9. The molecule has 0 amide bonds. The summed E-state index contributed by atoms with van der Waals surface area (Å²) >= 11 is 2.93. The van der Waals surface area contributed by atoms with Gasteiger partial charge in [0.05, 0.1) is 18.4 Å². The summed E-state index contributed by atoms with van der Waals surface area (Å²) in [5.41, 5.74) is 1.70. The standard InChI is InChI=1S/C16H12N4O3S2/c1-21-12-5-3-2-4-11(12)15-18-19-16(22-15)25-9-13-17-14(20-23-13)10-6-7-24-8-10/h2-8H,9H2,1H3. The fourth-order valence-corrected chi connectivity index (χ4v) is 3.38. The Bertz CT molecular complexity index is 965. The number of ether oxygens (including phenoxy) is 1. The lowest BCUT2D eigenvalue weighted by Crippen LogP contribution is -1.87. The molecule has 0 saturated carbocycles. The van der Waals surface area contributed by atoms with Gasteiger partial charge in [-0.15, -0.1) is 10.2 Å². The van der Waals surface area contributed by atoms with E-state index in [1.165, 1.54) is 11.8 Å². The summed E-state index contributed by atoms with van der Waals surface area (Å²) < 4.78 is 16.2. The van der Waals surface area contributed by atoms with Crippen molar-refractivity contribution in [1.29, 1.82) is 0 Å². The van der Waals surface area contributed by atoms with E-state index in [0.29, 0.717) is 34.3 Å². The molecule has 0 atom stereocenters. The van der Waals surface area contributed by atoms with Crippen LogP contribution < -0.4 is 4.74 Å². The molecule has 3 heterocycles. The summed E-state index contributed by atoms with van der Waals surface area (Å²) in [6.45, 7) is 0. The molecule has 25 heavy (non-hydrogen) atoms. The number of nitrogens with zero attached hydrogens (tertiary/aromatic N) is 4. The number of thioether (sulfide) groups is 1. The van der Waals surface area contributed by atoms with Crippen molar-refractivity contribution < 1.29 is 13.7 Å². The van der Waals surface area contributed by atoms with E-state index in [1.54, 1.807) is 18.4 Å².